The maximum absolute atomic E-state index is 11.7. The maximum Gasteiger partial charge on any atom is 0.324 e. The fourth-order valence-corrected chi connectivity index (χ4v) is 2.65. The van der Waals surface area contributed by atoms with Gasteiger partial charge in [-0.1, -0.05) is 29.5 Å². The number of amides is 1. The summed E-state index contributed by atoms with van der Waals surface area (Å²) in [6.07, 6.45) is 1.91. The van der Waals surface area contributed by atoms with Crippen molar-refractivity contribution in [3.63, 3.8) is 0 Å². The van der Waals surface area contributed by atoms with Crippen LogP contribution in [-0.2, 0) is 4.79 Å². The van der Waals surface area contributed by atoms with Crippen molar-refractivity contribution >= 4 is 28.3 Å². The van der Waals surface area contributed by atoms with Gasteiger partial charge in [0.1, 0.15) is 18.5 Å². The van der Waals surface area contributed by atoms with E-state index in [4.69, 9.17) is 4.74 Å². The molecule has 0 spiro atoms. The Morgan fingerprint density at radius 3 is 2.84 bits per heavy atom. The fraction of sp³-hybridized carbons (Fsp3) is 0.235. The molecular formula is C17H18N2O5S. The first-order chi connectivity index (χ1) is 12.0. The second-order valence-corrected chi connectivity index (χ2v) is 6.34. The second kappa shape index (κ2) is 8.95. The van der Waals surface area contributed by atoms with Crippen LogP contribution in [-0.4, -0.2) is 35.2 Å². The molecule has 2 aromatic rings. The number of benzene rings is 1. The molecule has 0 saturated heterocycles. The van der Waals surface area contributed by atoms with E-state index in [1.165, 1.54) is 18.2 Å². The topological polar surface area (TPSA) is 102 Å². The van der Waals surface area contributed by atoms with Gasteiger partial charge in [0, 0.05) is 23.6 Å². The number of carbonyl (C=O) groups excluding carboxylic acids is 1. The predicted molar refractivity (Wildman–Crippen MR) is 95.7 cm³/mol. The first-order valence-corrected chi connectivity index (χ1v) is 8.34. The number of nitrogens with one attached hydrogen (secondary N) is 1. The van der Waals surface area contributed by atoms with E-state index in [-0.39, 0.29) is 18.2 Å². The summed E-state index contributed by atoms with van der Waals surface area (Å²) in [5.41, 5.74) is 0.965. The molecule has 0 saturated carbocycles. The summed E-state index contributed by atoms with van der Waals surface area (Å²) in [4.78, 5) is 22.4. The zero-order chi connectivity index (χ0) is 18.2. The highest BCUT2D eigenvalue weighted by molar-refractivity contribution is 7.16. The summed E-state index contributed by atoms with van der Waals surface area (Å²) in [5, 5.41) is 23.0. The van der Waals surface area contributed by atoms with Crippen molar-refractivity contribution in [1.29, 1.82) is 0 Å². The molecule has 1 atom stereocenters. The lowest BCUT2D eigenvalue weighted by atomic mass is 10.2. The molecule has 1 aromatic carbocycles. The number of ether oxygens (including phenoxy) is 1. The molecule has 1 unspecified atom stereocenters. The number of para-hydroxylation sites is 1. The average molecular weight is 362 g/mol. The number of nitro groups is 1. The van der Waals surface area contributed by atoms with Crippen molar-refractivity contribution in [2.75, 3.05) is 13.2 Å². The predicted octanol–water partition coefficient (Wildman–Crippen LogP) is 2.53. The Balaban J connectivity index is 1.74. The minimum Gasteiger partial charge on any atom is -0.491 e. The highest BCUT2D eigenvalue weighted by Gasteiger charge is 2.09. The van der Waals surface area contributed by atoms with Crippen LogP contribution in [0, 0.1) is 17.0 Å². The van der Waals surface area contributed by atoms with E-state index in [1.54, 1.807) is 6.07 Å². The van der Waals surface area contributed by atoms with Gasteiger partial charge in [-0.2, -0.15) is 0 Å². The Morgan fingerprint density at radius 2 is 2.16 bits per heavy atom. The summed E-state index contributed by atoms with van der Waals surface area (Å²) in [6, 6.07) is 10.4. The van der Waals surface area contributed by atoms with Crippen LogP contribution >= 0.6 is 11.3 Å². The van der Waals surface area contributed by atoms with E-state index in [0.717, 1.165) is 16.9 Å². The van der Waals surface area contributed by atoms with E-state index in [9.17, 15) is 20.0 Å². The smallest absolute Gasteiger partial charge is 0.324 e. The summed E-state index contributed by atoms with van der Waals surface area (Å²) in [6.45, 7) is 2.01. The molecule has 25 heavy (non-hydrogen) atoms. The molecule has 132 valence electrons. The molecule has 8 heteroatoms. The molecule has 0 aliphatic carbocycles. The molecule has 1 heterocycles. The van der Waals surface area contributed by atoms with E-state index in [2.05, 4.69) is 5.32 Å². The van der Waals surface area contributed by atoms with Crippen molar-refractivity contribution < 1.29 is 19.6 Å². The molecule has 2 N–H and O–H groups in total. The van der Waals surface area contributed by atoms with Crippen LogP contribution in [0.4, 0.5) is 5.00 Å². The third-order valence-electron chi connectivity index (χ3n) is 3.23. The highest BCUT2D eigenvalue weighted by atomic mass is 32.1. The van der Waals surface area contributed by atoms with Crippen LogP contribution in [0.1, 0.15) is 10.4 Å². The van der Waals surface area contributed by atoms with E-state index in [1.807, 2.05) is 31.2 Å². The first kappa shape index (κ1) is 18.6. The summed E-state index contributed by atoms with van der Waals surface area (Å²) >= 11 is 0.979. The van der Waals surface area contributed by atoms with Crippen LogP contribution < -0.4 is 10.1 Å². The summed E-state index contributed by atoms with van der Waals surface area (Å²) < 4.78 is 5.50. The number of aliphatic hydroxyl groups excluding tert-OH is 1. The average Bonchev–Trinajstić information content (AvgIpc) is 3.07. The number of rotatable bonds is 8. The normalized spacial score (nSPS) is 12.1. The number of hydrogen-bond donors (Lipinski definition) is 2. The number of carbonyl (C=O) groups is 1. The van der Waals surface area contributed by atoms with Crippen molar-refractivity contribution in [2.24, 2.45) is 0 Å². The van der Waals surface area contributed by atoms with Crippen molar-refractivity contribution in [3.05, 3.63) is 63.0 Å². The molecule has 1 amide bonds. The van der Waals surface area contributed by atoms with Crippen LogP contribution in [0.5, 0.6) is 5.75 Å². The van der Waals surface area contributed by atoms with Gasteiger partial charge >= 0.3 is 5.00 Å². The lowest BCUT2D eigenvalue weighted by molar-refractivity contribution is -0.380. The van der Waals surface area contributed by atoms with Gasteiger partial charge in [0.2, 0.25) is 5.91 Å². The zero-order valence-electron chi connectivity index (χ0n) is 13.5. The van der Waals surface area contributed by atoms with Crippen LogP contribution in [0.15, 0.2) is 42.5 Å². The summed E-state index contributed by atoms with van der Waals surface area (Å²) in [7, 11) is 0. The van der Waals surface area contributed by atoms with Crippen molar-refractivity contribution in [2.45, 2.75) is 13.0 Å². The van der Waals surface area contributed by atoms with E-state index < -0.39 is 16.9 Å². The third kappa shape index (κ3) is 6.02. The summed E-state index contributed by atoms with van der Waals surface area (Å²) in [5.74, 6) is 0.290. The SMILES string of the molecule is Cc1ccccc1OCC(O)CNC(=O)/C=C/c1ccc([N+](=O)[O-])s1. The van der Waals surface area contributed by atoms with Gasteiger partial charge < -0.3 is 15.2 Å². The molecule has 2 rings (SSSR count). The Bertz CT molecular complexity index is 772. The number of thiophene rings is 1. The van der Waals surface area contributed by atoms with Crippen LogP contribution in [0.3, 0.4) is 0 Å². The monoisotopic (exact) mass is 362 g/mol. The van der Waals surface area contributed by atoms with Gasteiger partial charge in [0.05, 0.1) is 4.92 Å². The molecule has 0 aliphatic rings. The lowest BCUT2D eigenvalue weighted by Crippen LogP contribution is -2.34. The standard InChI is InChI=1S/C17H18N2O5S/c1-12-4-2-3-5-15(12)24-11-13(20)10-18-16(21)8-6-14-7-9-17(25-14)19(22)23/h2-9,13,20H,10-11H2,1H3,(H,18,21)/b8-6+. The molecule has 7 nitrogen and oxygen atoms in total. The molecule has 0 radical (unpaired) electrons. The van der Waals surface area contributed by atoms with Gasteiger partial charge in [-0.25, -0.2) is 0 Å². The van der Waals surface area contributed by atoms with Gasteiger partial charge in [-0.15, -0.1) is 0 Å². The molecule has 0 bridgehead atoms. The molecule has 0 fully saturated rings. The molecular weight excluding hydrogens is 344 g/mol. The van der Waals surface area contributed by atoms with Gasteiger partial charge in [-0.05, 0) is 30.7 Å². The molecule has 1 aromatic heterocycles. The minimum absolute atomic E-state index is 0.0174. The quantitative estimate of drug-likeness (QED) is 0.427. The Hall–Kier alpha value is -2.71. The van der Waals surface area contributed by atoms with Crippen LogP contribution in [0.25, 0.3) is 6.08 Å². The fourth-order valence-electron chi connectivity index (χ4n) is 1.93. The number of hydrogen-bond acceptors (Lipinski definition) is 6. The Labute approximate surface area is 148 Å². The number of nitrogens with zero attached hydrogens (tertiary/aromatic N) is 1. The Morgan fingerprint density at radius 1 is 1.40 bits per heavy atom. The first-order valence-electron chi connectivity index (χ1n) is 7.52. The largest absolute Gasteiger partial charge is 0.491 e. The minimum atomic E-state index is -0.847. The van der Waals surface area contributed by atoms with Gasteiger partial charge in [0.15, 0.2) is 0 Å². The third-order valence-corrected chi connectivity index (χ3v) is 4.23. The highest BCUT2D eigenvalue weighted by Crippen LogP contribution is 2.24. The number of aryl methyl sites for hydroxylation is 1. The van der Waals surface area contributed by atoms with Crippen LogP contribution in [0.2, 0.25) is 0 Å². The van der Waals surface area contributed by atoms with Crippen molar-refractivity contribution in [1.82, 2.24) is 5.32 Å². The zero-order valence-corrected chi connectivity index (χ0v) is 14.4. The number of aliphatic hydroxyl groups is 1. The lowest BCUT2D eigenvalue weighted by Gasteiger charge is -2.13. The van der Waals surface area contributed by atoms with Gasteiger partial charge in [-0.3, -0.25) is 14.9 Å². The second-order valence-electron chi connectivity index (χ2n) is 5.24. The van der Waals surface area contributed by atoms with Gasteiger partial charge in [0.25, 0.3) is 0 Å². The maximum atomic E-state index is 11.7. The van der Waals surface area contributed by atoms with E-state index >= 15 is 0 Å². The molecule has 0 aliphatic heterocycles. The Kier molecular flexibility index (Phi) is 6.67. The van der Waals surface area contributed by atoms with Crippen molar-refractivity contribution in [3.8, 4) is 5.75 Å². The van der Waals surface area contributed by atoms with E-state index in [0.29, 0.717) is 10.6 Å².